The van der Waals surface area contributed by atoms with Crippen molar-refractivity contribution in [3.63, 3.8) is 0 Å². The van der Waals surface area contributed by atoms with Gasteiger partial charge in [-0.1, -0.05) is 0 Å². The highest BCUT2D eigenvalue weighted by atomic mass is 19.2. The summed E-state index contributed by atoms with van der Waals surface area (Å²) in [5, 5.41) is 2.79. The number of halogens is 2. The number of benzene rings is 1. The van der Waals surface area contributed by atoms with Crippen LogP contribution >= 0.6 is 0 Å². The number of amides is 2. The van der Waals surface area contributed by atoms with Gasteiger partial charge in [0, 0.05) is 31.8 Å². The number of methoxy groups -OCH3 is 1. The van der Waals surface area contributed by atoms with Crippen LogP contribution in [-0.4, -0.2) is 49.6 Å². The van der Waals surface area contributed by atoms with E-state index in [9.17, 15) is 18.4 Å². The van der Waals surface area contributed by atoms with Crippen LogP contribution in [0.3, 0.4) is 0 Å². The third-order valence-corrected chi connectivity index (χ3v) is 3.51. The van der Waals surface area contributed by atoms with E-state index in [2.05, 4.69) is 5.32 Å². The summed E-state index contributed by atoms with van der Waals surface area (Å²) in [5.41, 5.74) is 0.0745. The molecule has 0 saturated carbocycles. The van der Waals surface area contributed by atoms with Crippen molar-refractivity contribution >= 4 is 11.8 Å². The molecule has 22 heavy (non-hydrogen) atoms. The normalized spacial score (nSPS) is 16.1. The lowest BCUT2D eigenvalue weighted by atomic mass is 9.97. The number of hydrogen-bond acceptors (Lipinski definition) is 3. The van der Waals surface area contributed by atoms with Gasteiger partial charge in [0.05, 0.1) is 12.5 Å². The van der Waals surface area contributed by atoms with Crippen molar-refractivity contribution in [2.24, 2.45) is 5.92 Å². The van der Waals surface area contributed by atoms with Crippen molar-refractivity contribution in [1.29, 1.82) is 0 Å². The number of ether oxygens (including phenoxy) is 1. The first-order valence-corrected chi connectivity index (χ1v) is 6.96. The predicted molar refractivity (Wildman–Crippen MR) is 75.2 cm³/mol. The zero-order chi connectivity index (χ0) is 16.3. The molecule has 5 nitrogen and oxygen atoms in total. The Hall–Kier alpha value is -2.02. The molecule has 1 heterocycles. The quantitative estimate of drug-likeness (QED) is 0.888. The second-order valence-corrected chi connectivity index (χ2v) is 5.40. The molecule has 0 spiro atoms. The van der Waals surface area contributed by atoms with Crippen molar-refractivity contribution in [3.05, 3.63) is 35.4 Å². The Balaban J connectivity index is 1.86. The smallest absolute Gasteiger partial charge is 0.254 e. The van der Waals surface area contributed by atoms with Crippen LogP contribution in [0.15, 0.2) is 18.2 Å². The number of likely N-dealkylation sites (tertiary alicyclic amines) is 1. The molecule has 1 fully saturated rings. The van der Waals surface area contributed by atoms with E-state index in [0.717, 1.165) is 12.1 Å². The molecule has 2 rings (SSSR count). The van der Waals surface area contributed by atoms with Crippen molar-refractivity contribution < 1.29 is 23.1 Å². The number of carbonyl (C=O) groups excluding carboxylic acids is 2. The molecule has 0 radical (unpaired) electrons. The molecule has 1 aliphatic heterocycles. The maximum absolute atomic E-state index is 13.1. The van der Waals surface area contributed by atoms with E-state index in [-0.39, 0.29) is 36.5 Å². The lowest BCUT2D eigenvalue weighted by Gasteiger charge is -2.38. The molecule has 1 unspecified atom stereocenters. The molecule has 1 aromatic rings. The van der Waals surface area contributed by atoms with Gasteiger partial charge in [-0.05, 0) is 25.1 Å². The van der Waals surface area contributed by atoms with Crippen molar-refractivity contribution in [3.8, 4) is 0 Å². The summed E-state index contributed by atoms with van der Waals surface area (Å²) in [6, 6.07) is 2.91. The Bertz CT molecular complexity index is 574. The molecule has 1 aromatic carbocycles. The Kier molecular flexibility index (Phi) is 5.07. The molecular formula is C15H18F2N2O3. The molecule has 1 atom stereocenters. The number of rotatable bonds is 5. The first-order valence-electron chi connectivity index (χ1n) is 6.96. The average molecular weight is 312 g/mol. The Morgan fingerprint density at radius 2 is 2.05 bits per heavy atom. The third-order valence-electron chi connectivity index (χ3n) is 3.51. The van der Waals surface area contributed by atoms with Crippen LogP contribution in [-0.2, 0) is 9.53 Å². The van der Waals surface area contributed by atoms with Gasteiger partial charge in [-0.15, -0.1) is 0 Å². The first-order chi connectivity index (χ1) is 10.4. The second-order valence-electron chi connectivity index (χ2n) is 5.40. The van der Waals surface area contributed by atoms with E-state index < -0.39 is 17.5 Å². The minimum absolute atomic E-state index is 0.0745. The molecule has 1 N–H and O–H groups in total. The van der Waals surface area contributed by atoms with Gasteiger partial charge in [0.25, 0.3) is 5.91 Å². The summed E-state index contributed by atoms with van der Waals surface area (Å²) in [4.78, 5) is 25.4. The van der Waals surface area contributed by atoms with Crippen LogP contribution in [0.4, 0.5) is 8.78 Å². The van der Waals surface area contributed by atoms with Crippen LogP contribution in [0.1, 0.15) is 17.3 Å². The Labute approximate surface area is 127 Å². The van der Waals surface area contributed by atoms with Crippen molar-refractivity contribution in [2.75, 3.05) is 26.8 Å². The molecule has 0 aromatic heterocycles. The molecule has 0 bridgehead atoms. The van der Waals surface area contributed by atoms with Gasteiger partial charge >= 0.3 is 0 Å². The summed E-state index contributed by atoms with van der Waals surface area (Å²) < 4.78 is 30.9. The van der Waals surface area contributed by atoms with Crippen molar-refractivity contribution in [2.45, 2.75) is 13.0 Å². The van der Waals surface area contributed by atoms with Gasteiger partial charge in [0.1, 0.15) is 0 Å². The average Bonchev–Trinajstić information content (AvgIpc) is 2.40. The number of nitrogens with zero attached hydrogens (tertiary/aromatic N) is 1. The molecule has 1 saturated heterocycles. The second kappa shape index (κ2) is 6.83. The standard InChI is InChI=1S/C15H18F2N2O3/c1-9(8-22-2)18-14(20)11-6-19(7-11)15(21)10-3-4-12(16)13(17)5-10/h3-5,9,11H,6-8H2,1-2H3,(H,18,20). The maximum atomic E-state index is 13.1. The van der Waals surface area contributed by atoms with Crippen LogP contribution in [0.5, 0.6) is 0 Å². The van der Waals surface area contributed by atoms with Gasteiger partial charge in [-0.2, -0.15) is 0 Å². The Morgan fingerprint density at radius 3 is 2.64 bits per heavy atom. The van der Waals surface area contributed by atoms with E-state index in [1.807, 2.05) is 6.92 Å². The fourth-order valence-electron chi connectivity index (χ4n) is 2.27. The predicted octanol–water partition coefficient (Wildman–Crippen LogP) is 1.19. The molecule has 0 aliphatic carbocycles. The number of hydrogen-bond donors (Lipinski definition) is 1. The van der Waals surface area contributed by atoms with E-state index in [4.69, 9.17) is 4.74 Å². The zero-order valence-corrected chi connectivity index (χ0v) is 12.4. The molecule has 120 valence electrons. The molecular weight excluding hydrogens is 294 g/mol. The maximum Gasteiger partial charge on any atom is 0.254 e. The summed E-state index contributed by atoms with van der Waals surface area (Å²) in [6.07, 6.45) is 0. The van der Waals surface area contributed by atoms with E-state index in [0.29, 0.717) is 6.61 Å². The van der Waals surface area contributed by atoms with Crippen LogP contribution in [0.2, 0.25) is 0 Å². The molecule has 1 aliphatic rings. The Morgan fingerprint density at radius 1 is 1.36 bits per heavy atom. The van der Waals surface area contributed by atoms with Crippen molar-refractivity contribution in [1.82, 2.24) is 10.2 Å². The van der Waals surface area contributed by atoms with Gasteiger partial charge in [0.15, 0.2) is 11.6 Å². The van der Waals surface area contributed by atoms with Crippen LogP contribution < -0.4 is 5.32 Å². The number of carbonyl (C=O) groups is 2. The lowest BCUT2D eigenvalue weighted by molar-refractivity contribution is -0.129. The van der Waals surface area contributed by atoms with Crippen LogP contribution in [0.25, 0.3) is 0 Å². The SMILES string of the molecule is COCC(C)NC(=O)C1CN(C(=O)c2ccc(F)c(F)c2)C1. The lowest BCUT2D eigenvalue weighted by Crippen LogP contribution is -2.57. The monoisotopic (exact) mass is 312 g/mol. The van der Waals surface area contributed by atoms with Crippen LogP contribution in [0, 0.1) is 17.6 Å². The summed E-state index contributed by atoms with van der Waals surface area (Å²) >= 11 is 0. The summed E-state index contributed by atoms with van der Waals surface area (Å²) in [5.74, 6) is -2.89. The third kappa shape index (κ3) is 3.59. The van der Waals surface area contributed by atoms with Gasteiger partial charge in [-0.25, -0.2) is 8.78 Å². The van der Waals surface area contributed by atoms with Gasteiger partial charge in [-0.3, -0.25) is 9.59 Å². The minimum Gasteiger partial charge on any atom is -0.383 e. The highest BCUT2D eigenvalue weighted by Gasteiger charge is 2.36. The number of nitrogens with one attached hydrogen (secondary N) is 1. The van der Waals surface area contributed by atoms with E-state index >= 15 is 0 Å². The molecule has 2 amide bonds. The van der Waals surface area contributed by atoms with Gasteiger partial charge < -0.3 is 15.0 Å². The summed E-state index contributed by atoms with van der Waals surface area (Å²) in [6.45, 7) is 2.77. The minimum atomic E-state index is -1.06. The van der Waals surface area contributed by atoms with Gasteiger partial charge in [0.2, 0.25) is 5.91 Å². The van der Waals surface area contributed by atoms with E-state index in [1.54, 1.807) is 7.11 Å². The van der Waals surface area contributed by atoms with E-state index in [1.165, 1.54) is 11.0 Å². The zero-order valence-electron chi connectivity index (χ0n) is 12.4. The topological polar surface area (TPSA) is 58.6 Å². The summed E-state index contributed by atoms with van der Waals surface area (Å²) in [7, 11) is 1.55. The highest BCUT2D eigenvalue weighted by molar-refractivity contribution is 5.96. The fraction of sp³-hybridized carbons (Fsp3) is 0.467. The highest BCUT2D eigenvalue weighted by Crippen LogP contribution is 2.20. The molecule has 7 heteroatoms. The first kappa shape index (κ1) is 16.4. The largest absolute Gasteiger partial charge is 0.383 e. The fourth-order valence-corrected chi connectivity index (χ4v) is 2.27.